The lowest BCUT2D eigenvalue weighted by atomic mass is 9.95. The van der Waals surface area contributed by atoms with Crippen molar-refractivity contribution in [3.05, 3.63) is 29.8 Å². The molecule has 0 bridgehead atoms. The average Bonchev–Trinajstić information content (AvgIpc) is 2.46. The van der Waals surface area contributed by atoms with Crippen LogP contribution in [0.25, 0.3) is 0 Å². The van der Waals surface area contributed by atoms with Gasteiger partial charge >= 0.3 is 6.09 Å². The van der Waals surface area contributed by atoms with Gasteiger partial charge in [0.05, 0.1) is 18.8 Å². The zero-order valence-corrected chi connectivity index (χ0v) is 12.7. The van der Waals surface area contributed by atoms with Crippen molar-refractivity contribution in [3.63, 3.8) is 0 Å². The topological polar surface area (TPSA) is 38.8 Å². The van der Waals surface area contributed by atoms with Gasteiger partial charge in [-0.1, -0.05) is 29.7 Å². The molecular weight excluding hydrogens is 265 g/mol. The quantitative estimate of drug-likeness (QED) is 0.795. The van der Waals surface area contributed by atoms with Gasteiger partial charge in [0.15, 0.2) is 0 Å². The number of rotatable bonds is 4. The summed E-state index contributed by atoms with van der Waals surface area (Å²) in [6.07, 6.45) is 1.61. The van der Waals surface area contributed by atoms with Crippen molar-refractivity contribution in [2.24, 2.45) is 0 Å². The molecule has 1 aliphatic heterocycles. The summed E-state index contributed by atoms with van der Waals surface area (Å²) in [7, 11) is 5.65. The molecule has 1 aliphatic rings. The molecule has 0 N–H and O–H groups in total. The van der Waals surface area contributed by atoms with Gasteiger partial charge in [0.2, 0.25) is 0 Å². The highest BCUT2D eigenvalue weighted by atomic mass is 16.6. The van der Waals surface area contributed by atoms with Crippen LogP contribution in [0.2, 0.25) is 0 Å². The third-order valence-corrected chi connectivity index (χ3v) is 3.50. The van der Waals surface area contributed by atoms with Gasteiger partial charge in [-0.3, -0.25) is 0 Å². The van der Waals surface area contributed by atoms with Gasteiger partial charge in [-0.2, -0.15) is 0 Å². The first kappa shape index (κ1) is 15.9. The second-order valence-corrected chi connectivity index (χ2v) is 5.67. The molecule has 1 amide bonds. The van der Waals surface area contributed by atoms with Crippen molar-refractivity contribution in [2.75, 3.05) is 13.1 Å². The Morgan fingerprint density at radius 3 is 2.48 bits per heavy atom. The van der Waals surface area contributed by atoms with Crippen LogP contribution >= 0.6 is 0 Å². The normalized spacial score (nSPS) is 16.2. The largest absolute Gasteiger partial charge is 0.447 e. The predicted octanol–water partition coefficient (Wildman–Crippen LogP) is 2.01. The van der Waals surface area contributed by atoms with Crippen LogP contribution in [0.5, 0.6) is 0 Å². The van der Waals surface area contributed by atoms with Crippen LogP contribution in [0.1, 0.15) is 32.3 Å². The molecule has 0 atom stereocenters. The molecule has 0 saturated carbocycles. The second kappa shape index (κ2) is 7.50. The van der Waals surface area contributed by atoms with Crippen LogP contribution in [-0.4, -0.2) is 44.1 Å². The highest BCUT2D eigenvalue weighted by Gasteiger charge is 2.24. The van der Waals surface area contributed by atoms with Gasteiger partial charge < -0.3 is 14.4 Å². The first-order chi connectivity index (χ1) is 10.0. The number of hydrogen-bond donors (Lipinski definition) is 0. The molecule has 5 heteroatoms. The summed E-state index contributed by atoms with van der Waals surface area (Å²) in [6, 6.07) is 7.71. The Labute approximate surface area is 127 Å². The van der Waals surface area contributed by atoms with E-state index in [0.29, 0.717) is 19.7 Å². The highest BCUT2D eigenvalue weighted by molar-refractivity contribution is 6.32. The zero-order chi connectivity index (χ0) is 15.2. The Balaban J connectivity index is 1.71. The van der Waals surface area contributed by atoms with Crippen molar-refractivity contribution in [3.8, 4) is 0 Å². The monoisotopic (exact) mass is 287 g/mol. The van der Waals surface area contributed by atoms with E-state index in [9.17, 15) is 4.79 Å². The molecule has 1 fully saturated rings. The minimum absolute atomic E-state index is 0.0722. The molecule has 21 heavy (non-hydrogen) atoms. The summed E-state index contributed by atoms with van der Waals surface area (Å²) in [5.41, 5.74) is 1.88. The fourth-order valence-electron chi connectivity index (χ4n) is 2.31. The molecule has 0 spiro atoms. The fourth-order valence-corrected chi connectivity index (χ4v) is 2.31. The fraction of sp³-hybridized carbons (Fsp3) is 0.562. The highest BCUT2D eigenvalue weighted by Crippen LogP contribution is 2.16. The summed E-state index contributed by atoms with van der Waals surface area (Å²) in [5.74, 6) is 0. The molecule has 2 rings (SSSR count). The summed E-state index contributed by atoms with van der Waals surface area (Å²) in [4.78, 5) is 13.5. The predicted molar refractivity (Wildman–Crippen MR) is 82.8 cm³/mol. The molecule has 0 aliphatic carbocycles. The van der Waals surface area contributed by atoms with E-state index in [-0.39, 0.29) is 18.3 Å². The summed E-state index contributed by atoms with van der Waals surface area (Å²) in [5, 5.41) is 0. The third-order valence-electron chi connectivity index (χ3n) is 3.50. The molecule has 4 nitrogen and oxygen atoms in total. The molecule has 0 unspecified atom stereocenters. The number of amides is 1. The van der Waals surface area contributed by atoms with E-state index in [1.165, 1.54) is 0 Å². The Hall–Kier alpha value is -1.49. The smallest absolute Gasteiger partial charge is 0.410 e. The Morgan fingerprint density at radius 2 is 1.90 bits per heavy atom. The number of carbonyl (C=O) groups excluding carboxylic acids is 1. The molecule has 2 radical (unpaired) electrons. The standard InChI is InChI=1S/C16H22BNO3/c1-12(2)21-16(19)18-9-7-15(8-10-18)20-11-13-3-5-14(17)6-4-13/h3-6,12,15H,7-11H2,1-2H3. The molecular formula is C16H22BNO3. The van der Waals surface area contributed by atoms with E-state index < -0.39 is 0 Å². The van der Waals surface area contributed by atoms with E-state index in [1.54, 1.807) is 4.90 Å². The maximum absolute atomic E-state index is 11.8. The van der Waals surface area contributed by atoms with Gasteiger partial charge in [-0.05, 0) is 32.3 Å². The van der Waals surface area contributed by atoms with E-state index in [2.05, 4.69) is 0 Å². The van der Waals surface area contributed by atoms with Crippen LogP contribution in [0.4, 0.5) is 4.79 Å². The Bertz CT molecular complexity index is 453. The van der Waals surface area contributed by atoms with Gasteiger partial charge in [0.1, 0.15) is 7.85 Å². The maximum atomic E-state index is 11.8. The van der Waals surface area contributed by atoms with E-state index in [1.807, 2.05) is 38.1 Å². The van der Waals surface area contributed by atoms with E-state index in [4.69, 9.17) is 17.3 Å². The Morgan fingerprint density at radius 1 is 1.29 bits per heavy atom. The van der Waals surface area contributed by atoms with E-state index >= 15 is 0 Å². The van der Waals surface area contributed by atoms with Crippen molar-refractivity contribution in [1.82, 2.24) is 4.90 Å². The maximum Gasteiger partial charge on any atom is 0.410 e. The van der Waals surface area contributed by atoms with Gasteiger partial charge in [-0.25, -0.2) is 4.79 Å². The SMILES string of the molecule is [B]c1ccc(COC2CCN(C(=O)OC(C)C)CC2)cc1. The average molecular weight is 287 g/mol. The first-order valence-corrected chi connectivity index (χ1v) is 7.46. The minimum Gasteiger partial charge on any atom is -0.447 e. The van der Waals surface area contributed by atoms with Crippen LogP contribution in [0.3, 0.4) is 0 Å². The lowest BCUT2D eigenvalue weighted by molar-refractivity contribution is -0.00615. The van der Waals surface area contributed by atoms with Gasteiger partial charge in [0, 0.05) is 13.1 Å². The molecule has 0 aromatic heterocycles. The second-order valence-electron chi connectivity index (χ2n) is 5.67. The van der Waals surface area contributed by atoms with Crippen LogP contribution < -0.4 is 5.46 Å². The summed E-state index contributed by atoms with van der Waals surface area (Å²) >= 11 is 0. The number of nitrogens with zero attached hydrogens (tertiary/aromatic N) is 1. The number of ether oxygens (including phenoxy) is 2. The zero-order valence-electron chi connectivity index (χ0n) is 12.7. The van der Waals surface area contributed by atoms with Crippen LogP contribution in [0, 0.1) is 0 Å². The van der Waals surface area contributed by atoms with Gasteiger partial charge in [-0.15, -0.1) is 0 Å². The number of hydrogen-bond acceptors (Lipinski definition) is 3. The van der Waals surface area contributed by atoms with Gasteiger partial charge in [0.25, 0.3) is 0 Å². The number of likely N-dealkylation sites (tertiary alicyclic amines) is 1. The molecule has 1 heterocycles. The summed E-state index contributed by atoms with van der Waals surface area (Å²) < 4.78 is 11.1. The number of piperidine rings is 1. The first-order valence-electron chi connectivity index (χ1n) is 7.46. The molecule has 1 saturated heterocycles. The van der Waals surface area contributed by atoms with E-state index in [0.717, 1.165) is 23.9 Å². The lowest BCUT2D eigenvalue weighted by Crippen LogP contribution is -2.41. The molecule has 112 valence electrons. The molecule has 1 aromatic carbocycles. The van der Waals surface area contributed by atoms with Crippen molar-refractivity contribution < 1.29 is 14.3 Å². The minimum atomic E-state index is -0.220. The Kier molecular flexibility index (Phi) is 5.68. The van der Waals surface area contributed by atoms with Crippen molar-refractivity contribution in [2.45, 2.75) is 45.5 Å². The lowest BCUT2D eigenvalue weighted by Gasteiger charge is -2.31. The van der Waals surface area contributed by atoms with Crippen molar-refractivity contribution in [1.29, 1.82) is 0 Å². The third kappa shape index (κ3) is 5.08. The van der Waals surface area contributed by atoms with Crippen molar-refractivity contribution >= 4 is 19.4 Å². The van der Waals surface area contributed by atoms with Crippen LogP contribution in [-0.2, 0) is 16.1 Å². The number of carbonyl (C=O) groups is 1. The number of benzene rings is 1. The summed E-state index contributed by atoms with van der Waals surface area (Å²) in [6.45, 7) is 5.69. The van der Waals surface area contributed by atoms with Crippen LogP contribution in [0.15, 0.2) is 24.3 Å². The molecule has 1 aromatic rings.